The van der Waals surface area contributed by atoms with Crippen LogP contribution in [-0.2, 0) is 25.9 Å². The Morgan fingerprint density at radius 3 is 2.79 bits per heavy atom. The van der Waals surface area contributed by atoms with Crippen molar-refractivity contribution in [1.82, 2.24) is 9.88 Å². The summed E-state index contributed by atoms with van der Waals surface area (Å²) in [5.41, 5.74) is 4.00. The molecule has 0 radical (unpaired) electrons. The second-order valence-electron chi connectivity index (χ2n) is 7.47. The molecule has 2 heterocycles. The zero-order valence-electron chi connectivity index (χ0n) is 14.6. The zero-order valence-corrected chi connectivity index (χ0v) is 14.6. The van der Waals surface area contributed by atoms with Gasteiger partial charge in [0, 0.05) is 24.3 Å². The van der Waals surface area contributed by atoms with Crippen molar-refractivity contribution in [2.45, 2.75) is 65.1 Å². The van der Waals surface area contributed by atoms with Gasteiger partial charge in [-0.2, -0.15) is 0 Å². The Labute approximate surface area is 142 Å². The molecule has 1 fully saturated rings. The van der Waals surface area contributed by atoms with Gasteiger partial charge in [-0.3, -0.25) is 4.79 Å². The molecule has 0 spiro atoms. The van der Waals surface area contributed by atoms with E-state index in [4.69, 9.17) is 4.42 Å². The molecular formula is C20H26N2O2. The van der Waals surface area contributed by atoms with Gasteiger partial charge in [0.15, 0.2) is 0 Å². The molecule has 0 bridgehead atoms. The average molecular weight is 326 g/mol. The normalized spacial score (nSPS) is 20.2. The monoisotopic (exact) mass is 326 g/mol. The van der Waals surface area contributed by atoms with Crippen LogP contribution in [0.1, 0.15) is 47.6 Å². The molecule has 4 rings (SSSR count). The molecule has 4 heteroatoms. The van der Waals surface area contributed by atoms with Gasteiger partial charge >= 0.3 is 0 Å². The van der Waals surface area contributed by atoms with E-state index < -0.39 is 0 Å². The predicted octanol–water partition coefficient (Wildman–Crippen LogP) is 3.12. The predicted molar refractivity (Wildman–Crippen MR) is 94.3 cm³/mol. The largest absolute Gasteiger partial charge is 0.465 e. The summed E-state index contributed by atoms with van der Waals surface area (Å²) in [6.45, 7) is 5.79. The van der Waals surface area contributed by atoms with Crippen molar-refractivity contribution in [2.75, 3.05) is 0 Å². The molecule has 1 N–H and O–H groups in total. The minimum absolute atomic E-state index is 0.175. The molecule has 1 saturated carbocycles. The summed E-state index contributed by atoms with van der Waals surface area (Å²) in [6, 6.07) is 6.36. The quantitative estimate of drug-likeness (QED) is 0.918. The topological polar surface area (TPSA) is 47.2 Å². The molecule has 1 atom stereocenters. The molecule has 2 aliphatic carbocycles. The van der Waals surface area contributed by atoms with Crippen LogP contribution < -0.4 is 10.9 Å². The molecule has 2 aromatic rings. The van der Waals surface area contributed by atoms with Crippen LogP contribution in [0.15, 0.2) is 27.4 Å². The summed E-state index contributed by atoms with van der Waals surface area (Å²) in [7, 11) is 0. The first-order chi connectivity index (χ1) is 11.6. The Morgan fingerprint density at radius 1 is 1.25 bits per heavy atom. The summed E-state index contributed by atoms with van der Waals surface area (Å²) in [5, 5.41) is 3.63. The maximum absolute atomic E-state index is 12.2. The van der Waals surface area contributed by atoms with Gasteiger partial charge in [-0.05, 0) is 69.1 Å². The highest BCUT2D eigenvalue weighted by Crippen LogP contribution is 2.31. The number of nitrogens with one attached hydrogen (secondary N) is 1. The maximum atomic E-state index is 12.2. The SMILES string of the molecule is Cc1cc(CN[C@H]2CCc3c(ccc(=O)n3CC3CC3)C2)oc1C. The number of aryl methyl sites for hydroxylation is 2. The van der Waals surface area contributed by atoms with E-state index in [0.29, 0.717) is 6.04 Å². The molecule has 0 unspecified atom stereocenters. The number of hydrogen-bond acceptors (Lipinski definition) is 3. The van der Waals surface area contributed by atoms with Gasteiger partial charge in [0.2, 0.25) is 0 Å². The van der Waals surface area contributed by atoms with Crippen molar-refractivity contribution >= 4 is 0 Å². The Balaban J connectivity index is 1.44. The summed E-state index contributed by atoms with van der Waals surface area (Å²) in [4.78, 5) is 12.2. The third-order valence-corrected chi connectivity index (χ3v) is 5.51. The van der Waals surface area contributed by atoms with E-state index in [-0.39, 0.29) is 5.56 Å². The highest BCUT2D eigenvalue weighted by molar-refractivity contribution is 5.26. The third-order valence-electron chi connectivity index (χ3n) is 5.51. The van der Waals surface area contributed by atoms with Gasteiger partial charge < -0.3 is 14.3 Å². The second kappa shape index (κ2) is 6.25. The lowest BCUT2D eigenvalue weighted by molar-refractivity contribution is 0.399. The molecular weight excluding hydrogens is 300 g/mol. The molecule has 0 saturated heterocycles. The van der Waals surface area contributed by atoms with Crippen LogP contribution in [0, 0.1) is 19.8 Å². The third kappa shape index (κ3) is 3.20. The van der Waals surface area contributed by atoms with Crippen LogP contribution in [0.2, 0.25) is 0 Å². The van der Waals surface area contributed by atoms with E-state index in [0.717, 1.165) is 49.8 Å². The highest BCUT2D eigenvalue weighted by atomic mass is 16.3. The lowest BCUT2D eigenvalue weighted by Crippen LogP contribution is -2.37. The Morgan fingerprint density at radius 2 is 2.08 bits per heavy atom. The van der Waals surface area contributed by atoms with Crippen LogP contribution in [0.4, 0.5) is 0 Å². The Hall–Kier alpha value is -1.81. The van der Waals surface area contributed by atoms with Gasteiger partial charge in [-0.25, -0.2) is 0 Å². The van der Waals surface area contributed by atoms with Crippen molar-refractivity contribution in [3.8, 4) is 0 Å². The summed E-state index contributed by atoms with van der Waals surface area (Å²) in [5.74, 6) is 2.75. The van der Waals surface area contributed by atoms with E-state index >= 15 is 0 Å². The average Bonchev–Trinajstić information content (AvgIpc) is 3.33. The Bertz CT molecular complexity index is 779. The van der Waals surface area contributed by atoms with Crippen molar-refractivity contribution < 1.29 is 4.42 Å². The molecule has 0 amide bonds. The van der Waals surface area contributed by atoms with Gasteiger partial charge in [-0.15, -0.1) is 0 Å². The number of furan rings is 1. The lowest BCUT2D eigenvalue weighted by Gasteiger charge is -2.27. The van der Waals surface area contributed by atoms with Gasteiger partial charge in [0.1, 0.15) is 11.5 Å². The van der Waals surface area contributed by atoms with Crippen LogP contribution in [0.3, 0.4) is 0 Å². The second-order valence-corrected chi connectivity index (χ2v) is 7.47. The zero-order chi connectivity index (χ0) is 16.7. The minimum Gasteiger partial charge on any atom is -0.465 e. The number of nitrogens with zero attached hydrogens (tertiary/aromatic N) is 1. The van der Waals surface area contributed by atoms with Crippen molar-refractivity contribution in [1.29, 1.82) is 0 Å². The first-order valence-electron chi connectivity index (χ1n) is 9.11. The number of hydrogen-bond donors (Lipinski definition) is 1. The summed E-state index contributed by atoms with van der Waals surface area (Å²) < 4.78 is 7.80. The van der Waals surface area contributed by atoms with E-state index in [2.05, 4.69) is 18.3 Å². The number of aromatic nitrogens is 1. The molecule has 24 heavy (non-hydrogen) atoms. The fourth-order valence-electron chi connectivity index (χ4n) is 3.74. The van der Waals surface area contributed by atoms with Gasteiger partial charge in [-0.1, -0.05) is 6.07 Å². The fourth-order valence-corrected chi connectivity index (χ4v) is 3.74. The maximum Gasteiger partial charge on any atom is 0.250 e. The minimum atomic E-state index is 0.175. The first-order valence-corrected chi connectivity index (χ1v) is 9.11. The molecule has 0 aliphatic heterocycles. The van der Waals surface area contributed by atoms with Crippen LogP contribution in [0.25, 0.3) is 0 Å². The summed E-state index contributed by atoms with van der Waals surface area (Å²) >= 11 is 0. The fraction of sp³-hybridized carbons (Fsp3) is 0.550. The molecule has 4 nitrogen and oxygen atoms in total. The standard InChI is InChI=1S/C20H26N2O2/c1-13-9-18(24-14(13)2)11-21-17-6-7-19-16(10-17)5-8-20(23)22(19)12-15-3-4-15/h5,8-9,15,17,21H,3-4,6-7,10-12H2,1-2H3/t17-/m0/s1. The molecule has 0 aromatic carbocycles. The number of rotatable bonds is 5. The van der Waals surface area contributed by atoms with Crippen LogP contribution in [0.5, 0.6) is 0 Å². The number of fused-ring (bicyclic) bond motifs is 1. The van der Waals surface area contributed by atoms with E-state index in [1.54, 1.807) is 6.07 Å². The lowest BCUT2D eigenvalue weighted by atomic mass is 9.91. The van der Waals surface area contributed by atoms with Gasteiger partial charge in [0.05, 0.1) is 6.54 Å². The molecule has 2 aliphatic rings. The van der Waals surface area contributed by atoms with Crippen molar-refractivity contribution in [2.24, 2.45) is 5.92 Å². The highest BCUT2D eigenvalue weighted by Gasteiger charge is 2.26. The van der Waals surface area contributed by atoms with Crippen molar-refractivity contribution in [3.05, 3.63) is 56.9 Å². The van der Waals surface area contributed by atoms with Crippen molar-refractivity contribution in [3.63, 3.8) is 0 Å². The first kappa shape index (κ1) is 15.7. The molecule has 128 valence electrons. The smallest absolute Gasteiger partial charge is 0.250 e. The summed E-state index contributed by atoms with van der Waals surface area (Å²) in [6.07, 6.45) is 5.63. The van der Waals surface area contributed by atoms with E-state index in [1.165, 1.54) is 29.7 Å². The van der Waals surface area contributed by atoms with E-state index in [9.17, 15) is 4.79 Å². The van der Waals surface area contributed by atoms with Crippen LogP contribution >= 0.6 is 0 Å². The van der Waals surface area contributed by atoms with E-state index in [1.807, 2.05) is 17.6 Å². The van der Waals surface area contributed by atoms with Gasteiger partial charge in [0.25, 0.3) is 5.56 Å². The number of pyridine rings is 1. The van der Waals surface area contributed by atoms with Crippen LogP contribution in [-0.4, -0.2) is 10.6 Å². The molecule has 2 aromatic heterocycles. The Kier molecular flexibility index (Phi) is 4.09.